The first-order valence-corrected chi connectivity index (χ1v) is 8.51. The van der Waals surface area contributed by atoms with E-state index in [9.17, 15) is 0 Å². The standard InChI is InChI=1S/C17H29N5/c1-4-18-17(22-11-7-8-12-22)20-14-15-9-10-16(19-13-15)21(5-2)6-3/h9-10,13H,4-8,11-12,14H2,1-3H3,(H,18,20). The van der Waals surface area contributed by atoms with Crippen LogP contribution in [0.3, 0.4) is 0 Å². The number of nitrogens with one attached hydrogen (secondary N) is 1. The van der Waals surface area contributed by atoms with E-state index < -0.39 is 0 Å². The molecule has 2 heterocycles. The summed E-state index contributed by atoms with van der Waals surface area (Å²) in [6, 6.07) is 4.23. The number of likely N-dealkylation sites (tertiary alicyclic amines) is 1. The second-order valence-electron chi connectivity index (χ2n) is 5.56. The van der Waals surface area contributed by atoms with Gasteiger partial charge in [0.2, 0.25) is 0 Å². The van der Waals surface area contributed by atoms with E-state index >= 15 is 0 Å². The van der Waals surface area contributed by atoms with Crippen LogP contribution in [0, 0.1) is 0 Å². The van der Waals surface area contributed by atoms with Gasteiger partial charge < -0.3 is 15.1 Å². The number of aromatic nitrogens is 1. The molecule has 0 spiro atoms. The van der Waals surface area contributed by atoms with Crippen molar-refractivity contribution in [2.24, 2.45) is 4.99 Å². The van der Waals surface area contributed by atoms with Gasteiger partial charge in [-0.1, -0.05) is 6.07 Å². The van der Waals surface area contributed by atoms with Crippen LogP contribution < -0.4 is 10.2 Å². The number of aliphatic imine (C=N–C) groups is 1. The summed E-state index contributed by atoms with van der Waals surface area (Å²) < 4.78 is 0. The van der Waals surface area contributed by atoms with E-state index in [0.717, 1.165) is 50.1 Å². The maximum absolute atomic E-state index is 4.76. The second kappa shape index (κ2) is 8.61. The summed E-state index contributed by atoms with van der Waals surface area (Å²) in [4.78, 5) is 13.9. The highest BCUT2D eigenvalue weighted by atomic mass is 15.3. The minimum Gasteiger partial charge on any atom is -0.357 e. The smallest absolute Gasteiger partial charge is 0.194 e. The molecule has 1 saturated heterocycles. The van der Waals surface area contributed by atoms with Crippen molar-refractivity contribution in [1.82, 2.24) is 15.2 Å². The van der Waals surface area contributed by atoms with E-state index in [-0.39, 0.29) is 0 Å². The van der Waals surface area contributed by atoms with Crippen LogP contribution in [0.25, 0.3) is 0 Å². The molecule has 1 aliphatic heterocycles. The van der Waals surface area contributed by atoms with Crippen LogP contribution in [0.5, 0.6) is 0 Å². The number of nitrogens with zero attached hydrogens (tertiary/aromatic N) is 4. The third-order valence-corrected chi connectivity index (χ3v) is 4.05. The van der Waals surface area contributed by atoms with Gasteiger partial charge in [0.15, 0.2) is 5.96 Å². The Morgan fingerprint density at radius 2 is 1.95 bits per heavy atom. The van der Waals surface area contributed by atoms with Crippen LogP contribution in [0.2, 0.25) is 0 Å². The van der Waals surface area contributed by atoms with Crippen molar-refractivity contribution < 1.29 is 0 Å². The fraction of sp³-hybridized carbons (Fsp3) is 0.647. The second-order valence-corrected chi connectivity index (χ2v) is 5.56. The normalized spacial score (nSPS) is 15.2. The number of rotatable bonds is 6. The quantitative estimate of drug-likeness (QED) is 0.648. The van der Waals surface area contributed by atoms with Gasteiger partial charge in [-0.15, -0.1) is 0 Å². The molecule has 122 valence electrons. The molecule has 5 nitrogen and oxygen atoms in total. The molecule has 5 heteroatoms. The van der Waals surface area contributed by atoms with Gasteiger partial charge in [-0.3, -0.25) is 0 Å². The number of hydrogen-bond donors (Lipinski definition) is 1. The van der Waals surface area contributed by atoms with E-state index in [4.69, 9.17) is 4.99 Å². The van der Waals surface area contributed by atoms with E-state index in [1.54, 1.807) is 0 Å². The molecule has 0 aliphatic carbocycles. The van der Waals surface area contributed by atoms with E-state index in [1.807, 2.05) is 6.20 Å². The third kappa shape index (κ3) is 4.36. The van der Waals surface area contributed by atoms with Crippen molar-refractivity contribution in [2.75, 3.05) is 37.6 Å². The molecule has 1 N–H and O–H groups in total. The van der Waals surface area contributed by atoms with Crippen molar-refractivity contribution in [1.29, 1.82) is 0 Å². The lowest BCUT2D eigenvalue weighted by atomic mass is 10.3. The van der Waals surface area contributed by atoms with Crippen molar-refractivity contribution in [2.45, 2.75) is 40.2 Å². The number of guanidine groups is 1. The predicted molar refractivity (Wildman–Crippen MR) is 93.4 cm³/mol. The molecule has 0 unspecified atom stereocenters. The van der Waals surface area contributed by atoms with Crippen LogP contribution in [-0.2, 0) is 6.54 Å². The van der Waals surface area contributed by atoms with Crippen molar-refractivity contribution in [3.63, 3.8) is 0 Å². The zero-order valence-electron chi connectivity index (χ0n) is 14.2. The Bertz CT molecular complexity index is 458. The molecule has 0 radical (unpaired) electrons. The fourth-order valence-corrected chi connectivity index (χ4v) is 2.77. The minimum absolute atomic E-state index is 0.685. The van der Waals surface area contributed by atoms with Gasteiger partial charge >= 0.3 is 0 Å². The van der Waals surface area contributed by atoms with Crippen LogP contribution in [0.15, 0.2) is 23.3 Å². The fourth-order valence-electron chi connectivity index (χ4n) is 2.77. The van der Waals surface area contributed by atoms with Crippen molar-refractivity contribution in [3.8, 4) is 0 Å². The summed E-state index contributed by atoms with van der Waals surface area (Å²) in [6.45, 7) is 12.2. The van der Waals surface area contributed by atoms with Crippen molar-refractivity contribution in [3.05, 3.63) is 23.9 Å². The van der Waals surface area contributed by atoms with Crippen LogP contribution in [0.1, 0.15) is 39.2 Å². The van der Waals surface area contributed by atoms with Crippen LogP contribution in [0.4, 0.5) is 5.82 Å². The lowest BCUT2D eigenvalue weighted by molar-refractivity contribution is 0.493. The van der Waals surface area contributed by atoms with Gasteiger partial charge in [0, 0.05) is 38.9 Å². The maximum atomic E-state index is 4.76. The molecule has 0 bridgehead atoms. The first kappa shape index (κ1) is 16.6. The van der Waals surface area contributed by atoms with Gasteiger partial charge in [-0.05, 0) is 45.2 Å². The van der Waals surface area contributed by atoms with Crippen molar-refractivity contribution >= 4 is 11.8 Å². The monoisotopic (exact) mass is 303 g/mol. The molecule has 0 aromatic carbocycles. The Morgan fingerprint density at radius 1 is 1.23 bits per heavy atom. The molecule has 1 aliphatic rings. The molecule has 0 amide bonds. The molecular weight excluding hydrogens is 274 g/mol. The molecular formula is C17H29N5. The molecule has 22 heavy (non-hydrogen) atoms. The van der Waals surface area contributed by atoms with E-state index in [1.165, 1.54) is 12.8 Å². The molecule has 1 fully saturated rings. The predicted octanol–water partition coefficient (Wildman–Crippen LogP) is 2.49. The number of hydrogen-bond acceptors (Lipinski definition) is 3. The van der Waals surface area contributed by atoms with Crippen LogP contribution >= 0.6 is 0 Å². The Morgan fingerprint density at radius 3 is 2.50 bits per heavy atom. The average molecular weight is 303 g/mol. The summed E-state index contributed by atoms with van der Waals surface area (Å²) in [5, 5.41) is 3.39. The Labute approximate surface area is 134 Å². The van der Waals surface area contributed by atoms with Gasteiger partial charge in [0.05, 0.1) is 6.54 Å². The first-order valence-electron chi connectivity index (χ1n) is 8.51. The van der Waals surface area contributed by atoms with Gasteiger partial charge in [0.25, 0.3) is 0 Å². The van der Waals surface area contributed by atoms with Gasteiger partial charge in [-0.25, -0.2) is 9.98 Å². The Kier molecular flexibility index (Phi) is 6.49. The van der Waals surface area contributed by atoms with Crippen LogP contribution in [-0.4, -0.2) is 48.6 Å². The highest BCUT2D eigenvalue weighted by Gasteiger charge is 2.15. The summed E-state index contributed by atoms with van der Waals surface area (Å²) >= 11 is 0. The summed E-state index contributed by atoms with van der Waals surface area (Å²) in [6.07, 6.45) is 4.49. The largest absolute Gasteiger partial charge is 0.357 e. The highest BCUT2D eigenvalue weighted by molar-refractivity contribution is 5.80. The van der Waals surface area contributed by atoms with E-state index in [0.29, 0.717) is 6.54 Å². The SMILES string of the molecule is CCNC(=NCc1ccc(N(CC)CC)nc1)N1CCCC1. The minimum atomic E-state index is 0.685. The average Bonchev–Trinajstić information content (AvgIpc) is 3.08. The highest BCUT2D eigenvalue weighted by Crippen LogP contribution is 2.12. The molecule has 0 atom stereocenters. The summed E-state index contributed by atoms with van der Waals surface area (Å²) in [5.74, 6) is 2.08. The van der Waals surface area contributed by atoms with E-state index in [2.05, 4.69) is 53.0 Å². The van der Waals surface area contributed by atoms with Gasteiger partial charge in [0.1, 0.15) is 5.82 Å². The van der Waals surface area contributed by atoms with Gasteiger partial charge in [-0.2, -0.15) is 0 Å². The summed E-state index contributed by atoms with van der Waals surface area (Å²) in [5.41, 5.74) is 1.16. The first-order chi connectivity index (χ1) is 10.8. The zero-order valence-corrected chi connectivity index (χ0v) is 14.2. The molecule has 0 saturated carbocycles. The number of pyridine rings is 1. The summed E-state index contributed by atoms with van der Waals surface area (Å²) in [7, 11) is 0. The molecule has 1 aromatic heterocycles. The molecule has 2 rings (SSSR count). The lowest BCUT2D eigenvalue weighted by Crippen LogP contribution is -2.39. The Balaban J connectivity index is 2.00. The maximum Gasteiger partial charge on any atom is 0.194 e. The lowest BCUT2D eigenvalue weighted by Gasteiger charge is -2.21. The third-order valence-electron chi connectivity index (χ3n) is 4.05. The Hall–Kier alpha value is -1.78. The number of anilines is 1. The topological polar surface area (TPSA) is 43.8 Å². The molecule has 1 aromatic rings. The zero-order chi connectivity index (χ0) is 15.8.